The van der Waals surface area contributed by atoms with Crippen LogP contribution in [0.2, 0.25) is 0 Å². The first-order chi connectivity index (χ1) is 5.36. The molecule has 0 aromatic rings. The summed E-state index contributed by atoms with van der Waals surface area (Å²) in [5, 5.41) is 2.68. The van der Waals surface area contributed by atoms with Crippen molar-refractivity contribution in [3.63, 3.8) is 0 Å². The van der Waals surface area contributed by atoms with Crippen molar-refractivity contribution in [2.45, 2.75) is 31.6 Å². The summed E-state index contributed by atoms with van der Waals surface area (Å²) >= 11 is 0. The normalized spacial score (nSPS) is 22.3. The van der Waals surface area contributed by atoms with E-state index >= 15 is 0 Å². The summed E-state index contributed by atoms with van der Waals surface area (Å²) in [5.74, 6) is 0. The average Bonchev–Trinajstić information content (AvgIpc) is 1.83. The maximum atomic E-state index is 11.4. The second-order valence-corrected chi connectivity index (χ2v) is 6.10. The Morgan fingerprint density at radius 3 is 2.17 bits per heavy atom. The van der Waals surface area contributed by atoms with Gasteiger partial charge in [-0.2, -0.15) is 0 Å². The van der Waals surface area contributed by atoms with E-state index in [4.69, 9.17) is 0 Å². The fourth-order valence-corrected chi connectivity index (χ4v) is 2.10. The number of hydrogen-bond donors (Lipinski definition) is 2. The van der Waals surface area contributed by atoms with Gasteiger partial charge in [0, 0.05) is 13.1 Å². The lowest BCUT2D eigenvalue weighted by molar-refractivity contribution is 0.278. The minimum absolute atomic E-state index is 0.261. The third-order valence-corrected chi connectivity index (χ3v) is 4.06. The Morgan fingerprint density at radius 2 is 1.92 bits per heavy atom. The second-order valence-electron chi connectivity index (χ2n) is 3.86. The molecule has 72 valence electrons. The predicted octanol–water partition coefficient (Wildman–Crippen LogP) is -0.324. The lowest BCUT2D eigenvalue weighted by Gasteiger charge is -2.40. The molecule has 1 fully saturated rings. The summed E-state index contributed by atoms with van der Waals surface area (Å²) in [4.78, 5) is 0. The third-order valence-electron chi connectivity index (χ3n) is 2.04. The highest BCUT2D eigenvalue weighted by Crippen LogP contribution is 2.12. The van der Waals surface area contributed by atoms with Crippen molar-refractivity contribution in [2.24, 2.45) is 0 Å². The molecular weight excluding hydrogens is 176 g/mol. The molecule has 0 bridgehead atoms. The molecule has 1 aliphatic rings. The molecule has 0 amide bonds. The van der Waals surface area contributed by atoms with Gasteiger partial charge in [0.05, 0.1) is 10.8 Å². The van der Waals surface area contributed by atoms with Crippen molar-refractivity contribution in [1.29, 1.82) is 0 Å². The first-order valence-electron chi connectivity index (χ1n) is 4.09. The minimum Gasteiger partial charge on any atom is -0.313 e. The van der Waals surface area contributed by atoms with Crippen LogP contribution in [0.3, 0.4) is 0 Å². The topological polar surface area (TPSA) is 58.2 Å². The Bertz CT molecular complexity index is 255. The van der Waals surface area contributed by atoms with E-state index in [0.717, 1.165) is 13.1 Å². The molecule has 1 saturated heterocycles. The Kier molecular flexibility index (Phi) is 2.47. The monoisotopic (exact) mass is 192 g/mol. The summed E-state index contributed by atoms with van der Waals surface area (Å²) < 4.78 is 25.5. The van der Waals surface area contributed by atoms with Gasteiger partial charge in [-0.05, 0) is 20.8 Å². The van der Waals surface area contributed by atoms with E-state index in [0.29, 0.717) is 0 Å². The standard InChI is InChI=1S/C7H16N2O2S/c1-6(2)12(10,11)9-7(3)4-8-5-7/h6,8-9H,4-5H2,1-3H3. The first-order valence-corrected chi connectivity index (χ1v) is 5.64. The van der Waals surface area contributed by atoms with Crippen molar-refractivity contribution in [1.82, 2.24) is 10.0 Å². The Balaban J connectivity index is 2.61. The van der Waals surface area contributed by atoms with Gasteiger partial charge in [-0.15, -0.1) is 0 Å². The lowest BCUT2D eigenvalue weighted by atomic mass is 9.97. The zero-order valence-corrected chi connectivity index (χ0v) is 8.53. The van der Waals surface area contributed by atoms with Crippen molar-refractivity contribution in [3.05, 3.63) is 0 Å². The summed E-state index contributed by atoms with van der Waals surface area (Å²) in [6, 6.07) is 0. The average molecular weight is 192 g/mol. The summed E-state index contributed by atoms with van der Waals surface area (Å²) in [6.45, 7) is 6.71. The maximum absolute atomic E-state index is 11.4. The molecule has 0 aromatic heterocycles. The van der Waals surface area contributed by atoms with E-state index in [9.17, 15) is 8.42 Å². The summed E-state index contributed by atoms with van der Waals surface area (Å²) in [7, 11) is -3.11. The van der Waals surface area contributed by atoms with Crippen molar-refractivity contribution >= 4 is 10.0 Å². The van der Waals surface area contributed by atoms with Crippen molar-refractivity contribution in [2.75, 3.05) is 13.1 Å². The SMILES string of the molecule is CC(C)S(=O)(=O)NC1(C)CNC1. The number of rotatable bonds is 3. The van der Waals surface area contributed by atoms with Gasteiger partial charge in [-0.1, -0.05) is 0 Å². The third kappa shape index (κ3) is 1.97. The van der Waals surface area contributed by atoms with Gasteiger partial charge >= 0.3 is 0 Å². The summed E-state index contributed by atoms with van der Waals surface area (Å²) in [5.41, 5.74) is -0.261. The maximum Gasteiger partial charge on any atom is 0.214 e. The van der Waals surface area contributed by atoms with E-state index in [1.165, 1.54) is 0 Å². The first kappa shape index (κ1) is 9.95. The highest BCUT2D eigenvalue weighted by Gasteiger charge is 2.36. The second kappa shape index (κ2) is 2.97. The molecule has 0 spiro atoms. The molecule has 0 atom stereocenters. The van der Waals surface area contributed by atoms with Crippen LogP contribution in [0.4, 0.5) is 0 Å². The Morgan fingerprint density at radius 1 is 1.42 bits per heavy atom. The summed E-state index contributed by atoms with van der Waals surface area (Å²) in [6.07, 6.45) is 0. The van der Waals surface area contributed by atoms with Gasteiger partial charge in [0.25, 0.3) is 0 Å². The molecule has 1 rings (SSSR count). The quantitative estimate of drug-likeness (QED) is 0.644. The lowest BCUT2D eigenvalue weighted by Crippen LogP contribution is -2.67. The van der Waals surface area contributed by atoms with E-state index in [-0.39, 0.29) is 10.8 Å². The minimum atomic E-state index is -3.11. The van der Waals surface area contributed by atoms with E-state index < -0.39 is 10.0 Å². The van der Waals surface area contributed by atoms with Crippen LogP contribution in [0, 0.1) is 0 Å². The zero-order valence-electron chi connectivity index (χ0n) is 7.72. The smallest absolute Gasteiger partial charge is 0.214 e. The molecule has 5 heteroatoms. The molecule has 0 unspecified atom stereocenters. The van der Waals surface area contributed by atoms with Gasteiger partial charge in [0.15, 0.2) is 0 Å². The van der Waals surface area contributed by atoms with E-state index in [2.05, 4.69) is 10.0 Å². The van der Waals surface area contributed by atoms with Crippen LogP contribution in [-0.2, 0) is 10.0 Å². The molecule has 1 heterocycles. The largest absolute Gasteiger partial charge is 0.313 e. The van der Waals surface area contributed by atoms with Crippen LogP contribution >= 0.6 is 0 Å². The van der Waals surface area contributed by atoms with Gasteiger partial charge in [-0.25, -0.2) is 13.1 Å². The van der Waals surface area contributed by atoms with Gasteiger partial charge in [-0.3, -0.25) is 0 Å². The van der Waals surface area contributed by atoms with Crippen LogP contribution in [0.25, 0.3) is 0 Å². The fraction of sp³-hybridized carbons (Fsp3) is 1.00. The zero-order chi connectivity index (χ0) is 9.41. The number of sulfonamides is 1. The van der Waals surface area contributed by atoms with Crippen LogP contribution in [0.5, 0.6) is 0 Å². The molecule has 12 heavy (non-hydrogen) atoms. The Labute approximate surface area is 73.8 Å². The molecule has 4 nitrogen and oxygen atoms in total. The van der Waals surface area contributed by atoms with E-state index in [1.807, 2.05) is 6.92 Å². The number of nitrogens with one attached hydrogen (secondary N) is 2. The molecule has 0 saturated carbocycles. The van der Waals surface area contributed by atoms with Gasteiger partial charge in [0.1, 0.15) is 0 Å². The van der Waals surface area contributed by atoms with Crippen LogP contribution < -0.4 is 10.0 Å². The Hall–Kier alpha value is -0.130. The van der Waals surface area contributed by atoms with Crippen molar-refractivity contribution in [3.8, 4) is 0 Å². The van der Waals surface area contributed by atoms with Crippen LogP contribution in [0.15, 0.2) is 0 Å². The fourth-order valence-electron chi connectivity index (χ4n) is 1.03. The highest BCUT2D eigenvalue weighted by atomic mass is 32.2. The molecule has 0 aliphatic carbocycles. The van der Waals surface area contributed by atoms with Crippen LogP contribution in [0.1, 0.15) is 20.8 Å². The van der Waals surface area contributed by atoms with Crippen LogP contribution in [-0.4, -0.2) is 32.3 Å². The molecule has 0 aromatic carbocycles. The van der Waals surface area contributed by atoms with Gasteiger partial charge < -0.3 is 5.32 Å². The molecule has 0 radical (unpaired) electrons. The van der Waals surface area contributed by atoms with Crippen molar-refractivity contribution < 1.29 is 8.42 Å². The highest BCUT2D eigenvalue weighted by molar-refractivity contribution is 7.90. The van der Waals surface area contributed by atoms with Gasteiger partial charge in [0.2, 0.25) is 10.0 Å². The number of hydrogen-bond acceptors (Lipinski definition) is 3. The molecule has 2 N–H and O–H groups in total. The molecular formula is C7H16N2O2S. The van der Waals surface area contributed by atoms with E-state index in [1.54, 1.807) is 13.8 Å². The predicted molar refractivity (Wildman–Crippen MR) is 48.5 cm³/mol. The molecule has 1 aliphatic heterocycles.